The summed E-state index contributed by atoms with van der Waals surface area (Å²) in [5, 5.41) is 0. The van der Waals surface area contributed by atoms with Crippen LogP contribution in [0.4, 0.5) is 0 Å². The van der Waals surface area contributed by atoms with E-state index in [0.717, 1.165) is 5.56 Å². The maximum absolute atomic E-state index is 11.7. The van der Waals surface area contributed by atoms with Gasteiger partial charge in [0.1, 0.15) is 5.78 Å². The number of ether oxygens (including phenoxy) is 1. The first-order valence-corrected chi connectivity index (χ1v) is 6.93. The lowest BCUT2D eigenvalue weighted by atomic mass is 9.73. The van der Waals surface area contributed by atoms with Gasteiger partial charge < -0.3 is 9.53 Å². The van der Waals surface area contributed by atoms with Crippen LogP contribution in [-0.4, -0.2) is 11.8 Å². The Balaban J connectivity index is 2.49. The summed E-state index contributed by atoms with van der Waals surface area (Å²) in [6.45, 7) is 5.69. The first kappa shape index (κ1) is 14.5. The molecule has 0 N–H and O–H groups in total. The minimum atomic E-state index is -0.821. The number of hydrogen-bond donors (Lipinski definition) is 0. The second kappa shape index (κ2) is 5.61. The number of esters is 1. The van der Waals surface area contributed by atoms with E-state index in [4.69, 9.17) is 4.74 Å². The van der Waals surface area contributed by atoms with Crippen molar-refractivity contribution in [2.45, 2.75) is 32.8 Å². The Morgan fingerprint density at radius 3 is 2.35 bits per heavy atom. The number of ketones is 1. The van der Waals surface area contributed by atoms with Crippen LogP contribution in [0, 0.1) is 11.8 Å². The van der Waals surface area contributed by atoms with Gasteiger partial charge in [-0.2, -0.15) is 0 Å². The number of Topliss-reactive ketones (excluding diaryl/α,β-unsaturated/α-hetero) is 1. The van der Waals surface area contributed by atoms with Crippen molar-refractivity contribution in [3.8, 4) is 0 Å². The number of carbonyl (C=O) groups excluding carboxylic acids is 2. The van der Waals surface area contributed by atoms with Gasteiger partial charge >= 0.3 is 5.97 Å². The van der Waals surface area contributed by atoms with E-state index in [1.807, 2.05) is 30.3 Å². The second-order valence-electron chi connectivity index (χ2n) is 5.67. The summed E-state index contributed by atoms with van der Waals surface area (Å²) < 4.78 is 5.66. The van der Waals surface area contributed by atoms with E-state index in [0.29, 0.717) is 6.42 Å². The number of cyclic esters (lactones) is 1. The predicted molar refractivity (Wildman–Crippen MR) is 77.0 cm³/mol. The van der Waals surface area contributed by atoms with E-state index in [1.165, 1.54) is 6.08 Å². The van der Waals surface area contributed by atoms with Gasteiger partial charge in [0.25, 0.3) is 0 Å². The predicted octanol–water partition coefficient (Wildman–Crippen LogP) is 3.25. The van der Waals surface area contributed by atoms with E-state index in [9.17, 15) is 9.59 Å². The van der Waals surface area contributed by atoms with Crippen LogP contribution in [-0.2, 0) is 19.9 Å². The van der Waals surface area contributed by atoms with Crippen LogP contribution in [0.3, 0.4) is 0 Å². The Hall–Kier alpha value is -1.90. The molecule has 2 atom stereocenters. The molecule has 0 bridgehead atoms. The lowest BCUT2D eigenvalue weighted by molar-refractivity contribution is -0.154. The Kier molecular flexibility index (Phi) is 4.07. The highest BCUT2D eigenvalue weighted by atomic mass is 16.6. The molecule has 1 aliphatic rings. The largest absolute Gasteiger partial charge is 0.446 e. The summed E-state index contributed by atoms with van der Waals surface area (Å²) in [6.07, 6.45) is 3.66. The number of benzene rings is 1. The average Bonchev–Trinajstić information content (AvgIpc) is 2.80. The molecule has 0 unspecified atom stereocenters. The van der Waals surface area contributed by atoms with Gasteiger partial charge in [-0.3, -0.25) is 0 Å². The molecule has 0 aliphatic carbocycles. The number of rotatable bonds is 5. The maximum Gasteiger partial charge on any atom is 0.331 e. The molecule has 0 saturated heterocycles. The van der Waals surface area contributed by atoms with Gasteiger partial charge in [-0.05, 0) is 24.5 Å². The summed E-state index contributed by atoms with van der Waals surface area (Å²) in [6, 6.07) is 9.65. The topological polar surface area (TPSA) is 43.4 Å². The molecule has 1 heterocycles. The molecule has 0 aromatic heterocycles. The highest BCUT2D eigenvalue weighted by Gasteiger charge is 2.46. The highest BCUT2D eigenvalue weighted by Crippen LogP contribution is 2.44. The van der Waals surface area contributed by atoms with Gasteiger partial charge in [0.15, 0.2) is 5.60 Å². The van der Waals surface area contributed by atoms with Crippen LogP contribution >= 0.6 is 0 Å². The SMILES string of the molecule is CC(=O)C[C@H](C(C)C)[C@]1(c2ccccc2)C=CC(=O)O1. The van der Waals surface area contributed by atoms with Crippen LogP contribution in [0.1, 0.15) is 32.8 Å². The van der Waals surface area contributed by atoms with E-state index in [1.54, 1.807) is 13.0 Å². The summed E-state index contributed by atoms with van der Waals surface area (Å²) in [4.78, 5) is 23.3. The summed E-state index contributed by atoms with van der Waals surface area (Å²) in [5.74, 6) is -0.0850. The standard InChI is InChI=1S/C17H20O3/c1-12(2)15(11-13(3)18)17(10-9-16(19)20-17)14-7-5-4-6-8-14/h4-10,12,15H,11H2,1-3H3/t15-,17-/m1/s1. The van der Waals surface area contributed by atoms with Crippen molar-refractivity contribution in [1.29, 1.82) is 0 Å². The number of hydrogen-bond acceptors (Lipinski definition) is 3. The molecule has 0 amide bonds. The zero-order valence-electron chi connectivity index (χ0n) is 12.1. The fraction of sp³-hybridized carbons (Fsp3) is 0.412. The first-order valence-electron chi connectivity index (χ1n) is 6.93. The number of carbonyl (C=O) groups is 2. The first-order chi connectivity index (χ1) is 9.45. The monoisotopic (exact) mass is 272 g/mol. The summed E-state index contributed by atoms with van der Waals surface area (Å²) in [7, 11) is 0. The summed E-state index contributed by atoms with van der Waals surface area (Å²) in [5.41, 5.74) is 0.0973. The van der Waals surface area contributed by atoms with E-state index < -0.39 is 5.60 Å². The van der Waals surface area contributed by atoms with E-state index in [2.05, 4.69) is 13.8 Å². The molecule has 106 valence electrons. The van der Waals surface area contributed by atoms with Crippen molar-refractivity contribution >= 4 is 11.8 Å². The molecule has 0 saturated carbocycles. The third-order valence-electron chi connectivity index (χ3n) is 3.82. The molecule has 3 nitrogen and oxygen atoms in total. The highest BCUT2D eigenvalue weighted by molar-refractivity contribution is 5.86. The molecule has 20 heavy (non-hydrogen) atoms. The molecule has 0 spiro atoms. The quantitative estimate of drug-likeness (QED) is 0.773. The van der Waals surface area contributed by atoms with Gasteiger partial charge in [0.2, 0.25) is 0 Å². The molecule has 0 radical (unpaired) electrons. The fourth-order valence-corrected chi connectivity index (χ4v) is 2.89. The van der Waals surface area contributed by atoms with Crippen LogP contribution in [0.25, 0.3) is 0 Å². The zero-order valence-corrected chi connectivity index (χ0v) is 12.1. The lowest BCUT2D eigenvalue weighted by Crippen LogP contribution is -2.39. The Labute approximate surface area is 119 Å². The van der Waals surface area contributed by atoms with Gasteiger partial charge in [0.05, 0.1) is 0 Å². The van der Waals surface area contributed by atoms with E-state index >= 15 is 0 Å². The third-order valence-corrected chi connectivity index (χ3v) is 3.82. The minimum absolute atomic E-state index is 0.0647. The normalized spacial score (nSPS) is 22.9. The molecule has 2 rings (SSSR count). The second-order valence-corrected chi connectivity index (χ2v) is 5.67. The Morgan fingerprint density at radius 2 is 1.90 bits per heavy atom. The Morgan fingerprint density at radius 1 is 1.25 bits per heavy atom. The smallest absolute Gasteiger partial charge is 0.331 e. The molecule has 1 aromatic carbocycles. The van der Waals surface area contributed by atoms with Crippen molar-refractivity contribution in [1.82, 2.24) is 0 Å². The van der Waals surface area contributed by atoms with Crippen molar-refractivity contribution in [2.75, 3.05) is 0 Å². The van der Waals surface area contributed by atoms with Crippen molar-refractivity contribution in [3.05, 3.63) is 48.0 Å². The minimum Gasteiger partial charge on any atom is -0.446 e. The van der Waals surface area contributed by atoms with Gasteiger partial charge in [0, 0.05) is 18.4 Å². The van der Waals surface area contributed by atoms with Crippen LogP contribution in [0.2, 0.25) is 0 Å². The molecule has 0 fully saturated rings. The molecule has 1 aliphatic heterocycles. The molecular weight excluding hydrogens is 252 g/mol. The van der Waals surface area contributed by atoms with Gasteiger partial charge in [-0.15, -0.1) is 0 Å². The van der Waals surface area contributed by atoms with Gasteiger partial charge in [-0.25, -0.2) is 4.79 Å². The van der Waals surface area contributed by atoms with Crippen LogP contribution in [0.15, 0.2) is 42.5 Å². The molecule has 3 heteroatoms. The van der Waals surface area contributed by atoms with Crippen molar-refractivity contribution in [2.24, 2.45) is 11.8 Å². The maximum atomic E-state index is 11.7. The van der Waals surface area contributed by atoms with Gasteiger partial charge in [-0.1, -0.05) is 44.2 Å². The zero-order chi connectivity index (χ0) is 14.8. The van der Waals surface area contributed by atoms with Crippen LogP contribution in [0.5, 0.6) is 0 Å². The molecule has 1 aromatic rings. The summed E-state index contributed by atoms with van der Waals surface area (Å²) >= 11 is 0. The van der Waals surface area contributed by atoms with Crippen molar-refractivity contribution < 1.29 is 14.3 Å². The van der Waals surface area contributed by atoms with E-state index in [-0.39, 0.29) is 23.6 Å². The van der Waals surface area contributed by atoms with Crippen LogP contribution < -0.4 is 0 Å². The van der Waals surface area contributed by atoms with Crippen molar-refractivity contribution in [3.63, 3.8) is 0 Å². The average molecular weight is 272 g/mol. The fourth-order valence-electron chi connectivity index (χ4n) is 2.89. The Bertz CT molecular complexity index is 530. The third kappa shape index (κ3) is 2.67. The lowest BCUT2D eigenvalue weighted by Gasteiger charge is -2.37. The molecular formula is C17H20O3.